The van der Waals surface area contributed by atoms with Crippen LogP contribution in [0, 0.1) is 0 Å². The highest BCUT2D eigenvalue weighted by Gasteiger charge is 2.37. The molecule has 1 aromatic heterocycles. The highest BCUT2D eigenvalue weighted by atomic mass is 35.5. The molecule has 0 bridgehead atoms. The molecule has 2 heterocycles. The second kappa shape index (κ2) is 7.38. The maximum absolute atomic E-state index is 6.04. The zero-order valence-electron chi connectivity index (χ0n) is 16.9. The molecule has 27 heavy (non-hydrogen) atoms. The van der Waals surface area contributed by atoms with E-state index in [9.17, 15) is 0 Å². The van der Waals surface area contributed by atoms with Gasteiger partial charge in [-0.3, -0.25) is 0 Å². The summed E-state index contributed by atoms with van der Waals surface area (Å²) in [5.74, 6) is 0. The minimum atomic E-state index is 0. The van der Waals surface area contributed by atoms with Gasteiger partial charge in [0.1, 0.15) is 0 Å². The fourth-order valence-corrected chi connectivity index (χ4v) is 5.27. The summed E-state index contributed by atoms with van der Waals surface area (Å²) in [5, 5.41) is 3.36. The Bertz CT molecular complexity index is 804. The molecule has 2 aromatic rings. The van der Waals surface area contributed by atoms with Crippen LogP contribution in [0.25, 0.3) is 11.3 Å². The summed E-state index contributed by atoms with van der Waals surface area (Å²) in [5.41, 5.74) is 11.9. The number of hydrogen-bond acceptors (Lipinski definition) is 4. The van der Waals surface area contributed by atoms with Gasteiger partial charge in [0.05, 0.1) is 5.69 Å². The summed E-state index contributed by atoms with van der Waals surface area (Å²) in [6, 6.07) is 7.38. The number of nitrogens with two attached hydrogens (primary N) is 1. The van der Waals surface area contributed by atoms with Crippen molar-refractivity contribution in [3.8, 4) is 11.3 Å². The molecule has 0 atom stereocenters. The Morgan fingerprint density at radius 3 is 2.33 bits per heavy atom. The molecule has 0 spiro atoms. The molecule has 5 heteroatoms. The van der Waals surface area contributed by atoms with Gasteiger partial charge in [-0.1, -0.05) is 39.8 Å². The van der Waals surface area contributed by atoms with Gasteiger partial charge in [0, 0.05) is 30.1 Å². The van der Waals surface area contributed by atoms with Gasteiger partial charge in [-0.05, 0) is 53.7 Å². The minimum absolute atomic E-state index is 0. The molecule has 0 amide bonds. The highest BCUT2D eigenvalue weighted by molar-refractivity contribution is 7.14. The second-order valence-electron chi connectivity index (χ2n) is 9.37. The molecule has 0 radical (unpaired) electrons. The van der Waals surface area contributed by atoms with E-state index in [2.05, 4.69) is 56.2 Å². The molecular weight excluding hydrogens is 374 g/mol. The van der Waals surface area contributed by atoms with E-state index in [-0.39, 0.29) is 23.2 Å². The Kier molecular flexibility index (Phi) is 5.64. The molecule has 1 aliphatic carbocycles. The number of benzene rings is 1. The molecule has 1 aliphatic heterocycles. The molecule has 1 saturated heterocycles. The lowest BCUT2D eigenvalue weighted by Gasteiger charge is -2.42. The first-order valence-corrected chi connectivity index (χ1v) is 10.8. The summed E-state index contributed by atoms with van der Waals surface area (Å²) in [4.78, 5) is 7.36. The molecule has 2 aliphatic rings. The van der Waals surface area contributed by atoms with Crippen molar-refractivity contribution in [2.75, 3.05) is 18.0 Å². The van der Waals surface area contributed by atoms with Gasteiger partial charge in [0.15, 0.2) is 5.13 Å². The van der Waals surface area contributed by atoms with E-state index in [1.807, 2.05) is 0 Å². The van der Waals surface area contributed by atoms with Crippen molar-refractivity contribution in [1.82, 2.24) is 4.98 Å². The van der Waals surface area contributed by atoms with Gasteiger partial charge in [-0.25, -0.2) is 4.98 Å². The Hall–Kier alpha value is -1.10. The van der Waals surface area contributed by atoms with Crippen LogP contribution in [-0.2, 0) is 10.8 Å². The molecule has 0 unspecified atom stereocenters. The maximum Gasteiger partial charge on any atom is 0.185 e. The first kappa shape index (κ1) is 20.6. The fraction of sp³-hybridized carbons (Fsp3) is 0.591. The molecular formula is C22H32ClN3S. The number of fused-ring (bicyclic) bond motifs is 1. The van der Waals surface area contributed by atoms with Crippen LogP contribution < -0.4 is 10.6 Å². The van der Waals surface area contributed by atoms with Crippen LogP contribution in [0.15, 0.2) is 23.6 Å². The van der Waals surface area contributed by atoms with Crippen LogP contribution in [0.5, 0.6) is 0 Å². The number of thiazole rings is 1. The normalized spacial score (nSPS) is 21.4. The van der Waals surface area contributed by atoms with Crippen molar-refractivity contribution in [3.63, 3.8) is 0 Å². The molecule has 4 rings (SSSR count). The Labute approximate surface area is 173 Å². The zero-order chi connectivity index (χ0) is 18.5. The smallest absolute Gasteiger partial charge is 0.185 e. The van der Waals surface area contributed by atoms with Crippen LogP contribution in [0.4, 0.5) is 5.13 Å². The van der Waals surface area contributed by atoms with Crippen molar-refractivity contribution in [3.05, 3.63) is 34.7 Å². The van der Waals surface area contributed by atoms with Crippen molar-refractivity contribution >= 4 is 28.9 Å². The van der Waals surface area contributed by atoms with Crippen LogP contribution in [0.2, 0.25) is 0 Å². The first-order chi connectivity index (χ1) is 12.3. The molecule has 2 N–H and O–H groups in total. The lowest BCUT2D eigenvalue weighted by Crippen LogP contribution is -2.39. The van der Waals surface area contributed by atoms with E-state index in [0.717, 1.165) is 36.8 Å². The third kappa shape index (κ3) is 3.90. The van der Waals surface area contributed by atoms with Gasteiger partial charge in [0.25, 0.3) is 0 Å². The van der Waals surface area contributed by atoms with Crippen molar-refractivity contribution in [1.29, 1.82) is 0 Å². The quantitative estimate of drug-likeness (QED) is 0.716. The number of nitrogens with zero attached hydrogens (tertiary/aromatic N) is 2. The summed E-state index contributed by atoms with van der Waals surface area (Å²) >= 11 is 1.76. The standard InChI is InChI=1S/C22H31N3S.ClH/c1-21(2)9-10-22(3,4)18-13-15(5-6-17(18)21)19-14-26-20(24-19)25-11-7-16(23)8-12-25;/h5-6,13-14,16H,7-12,23H2,1-4H3;1H. The van der Waals surface area contributed by atoms with E-state index in [4.69, 9.17) is 10.7 Å². The summed E-state index contributed by atoms with van der Waals surface area (Å²) in [6.45, 7) is 11.6. The fourth-order valence-electron chi connectivity index (χ4n) is 4.38. The largest absolute Gasteiger partial charge is 0.348 e. The predicted molar refractivity (Wildman–Crippen MR) is 120 cm³/mol. The number of anilines is 1. The Morgan fingerprint density at radius 1 is 1.04 bits per heavy atom. The van der Waals surface area contributed by atoms with Crippen LogP contribution in [0.1, 0.15) is 64.5 Å². The lowest BCUT2D eigenvalue weighted by molar-refractivity contribution is 0.332. The van der Waals surface area contributed by atoms with Gasteiger partial charge < -0.3 is 10.6 Å². The third-order valence-corrected chi connectivity index (χ3v) is 7.35. The van der Waals surface area contributed by atoms with Gasteiger partial charge in [-0.15, -0.1) is 23.7 Å². The molecule has 0 saturated carbocycles. The molecule has 3 nitrogen and oxygen atoms in total. The number of aromatic nitrogens is 1. The number of piperidine rings is 1. The number of halogens is 1. The molecule has 1 aromatic carbocycles. The second-order valence-corrected chi connectivity index (χ2v) is 10.2. The van der Waals surface area contributed by atoms with Crippen molar-refractivity contribution in [2.24, 2.45) is 5.73 Å². The Balaban J connectivity index is 0.00000210. The van der Waals surface area contributed by atoms with Crippen molar-refractivity contribution < 1.29 is 0 Å². The maximum atomic E-state index is 6.04. The topological polar surface area (TPSA) is 42.1 Å². The van der Waals surface area contributed by atoms with Crippen LogP contribution >= 0.6 is 23.7 Å². The zero-order valence-corrected chi connectivity index (χ0v) is 18.6. The highest BCUT2D eigenvalue weighted by Crippen LogP contribution is 2.46. The SMILES string of the molecule is CC1(C)CCC(C)(C)c2cc(-c3csc(N4CCC(N)CC4)n3)ccc21.Cl. The van der Waals surface area contributed by atoms with E-state index in [1.165, 1.54) is 29.5 Å². The molecule has 1 fully saturated rings. The third-order valence-electron chi connectivity index (χ3n) is 6.45. The number of rotatable bonds is 2. The summed E-state index contributed by atoms with van der Waals surface area (Å²) in [7, 11) is 0. The Morgan fingerprint density at radius 2 is 1.67 bits per heavy atom. The summed E-state index contributed by atoms with van der Waals surface area (Å²) in [6.07, 6.45) is 4.63. The lowest BCUT2D eigenvalue weighted by atomic mass is 9.63. The first-order valence-electron chi connectivity index (χ1n) is 9.88. The van der Waals surface area contributed by atoms with Crippen molar-refractivity contribution in [2.45, 2.75) is 70.3 Å². The monoisotopic (exact) mass is 405 g/mol. The molecule has 148 valence electrons. The predicted octanol–water partition coefficient (Wildman–Crippen LogP) is 5.51. The van der Waals surface area contributed by atoms with Crippen LogP contribution in [0.3, 0.4) is 0 Å². The summed E-state index contributed by atoms with van der Waals surface area (Å²) < 4.78 is 0. The van der Waals surface area contributed by atoms with E-state index < -0.39 is 0 Å². The van der Waals surface area contributed by atoms with Crippen LogP contribution in [-0.4, -0.2) is 24.1 Å². The van der Waals surface area contributed by atoms with E-state index in [1.54, 1.807) is 11.3 Å². The minimum Gasteiger partial charge on any atom is -0.348 e. The van der Waals surface area contributed by atoms with Gasteiger partial charge in [-0.2, -0.15) is 0 Å². The average molecular weight is 406 g/mol. The van der Waals surface area contributed by atoms with E-state index >= 15 is 0 Å². The van der Waals surface area contributed by atoms with E-state index in [0.29, 0.717) is 6.04 Å². The van der Waals surface area contributed by atoms with Gasteiger partial charge in [0.2, 0.25) is 0 Å². The number of hydrogen-bond donors (Lipinski definition) is 1. The van der Waals surface area contributed by atoms with Gasteiger partial charge >= 0.3 is 0 Å². The average Bonchev–Trinajstić information content (AvgIpc) is 3.09.